The normalized spacial score (nSPS) is 13.9. The molecule has 0 aromatic heterocycles. The average molecular weight is 337 g/mol. The van der Waals surface area contributed by atoms with Crippen LogP contribution in [0.3, 0.4) is 0 Å². The molecule has 1 aliphatic rings. The van der Waals surface area contributed by atoms with Crippen LogP contribution in [0.1, 0.15) is 12.0 Å². The van der Waals surface area contributed by atoms with Crippen LogP contribution in [0.4, 0.5) is 5.69 Å². The Balaban J connectivity index is 2.02. The molecule has 0 bridgehead atoms. The third kappa shape index (κ3) is 2.53. The standard InChI is InChI=1S/C15H11BrClNO/c16-12-4-1-10(8-13(12)17)9-2-5-14-11(7-9)3-6-15(19)18-14/h1-2,4-5,7-8H,3,6H2,(H,18,19). The second-order valence-electron chi connectivity index (χ2n) is 4.55. The number of benzene rings is 2. The van der Waals surface area contributed by atoms with E-state index in [2.05, 4.69) is 27.3 Å². The van der Waals surface area contributed by atoms with Crippen LogP contribution >= 0.6 is 27.5 Å². The lowest BCUT2D eigenvalue weighted by molar-refractivity contribution is -0.116. The van der Waals surface area contributed by atoms with Gasteiger partial charge in [-0.1, -0.05) is 23.7 Å². The Labute approximate surface area is 124 Å². The maximum atomic E-state index is 11.3. The van der Waals surface area contributed by atoms with Crippen molar-refractivity contribution >= 4 is 39.1 Å². The number of carbonyl (C=O) groups excluding carboxylic acids is 1. The van der Waals surface area contributed by atoms with Crippen LogP contribution in [0, 0.1) is 0 Å². The molecule has 0 atom stereocenters. The van der Waals surface area contributed by atoms with E-state index in [1.54, 1.807) is 0 Å². The summed E-state index contributed by atoms with van der Waals surface area (Å²) in [6.07, 6.45) is 1.34. The minimum atomic E-state index is 0.0898. The monoisotopic (exact) mass is 335 g/mol. The molecule has 0 unspecified atom stereocenters. The fourth-order valence-corrected chi connectivity index (χ4v) is 2.67. The lowest BCUT2D eigenvalue weighted by Crippen LogP contribution is -2.18. The van der Waals surface area contributed by atoms with Gasteiger partial charge >= 0.3 is 0 Å². The van der Waals surface area contributed by atoms with Crippen molar-refractivity contribution in [2.45, 2.75) is 12.8 Å². The number of halogens is 2. The van der Waals surface area contributed by atoms with Crippen molar-refractivity contribution in [3.05, 3.63) is 51.5 Å². The molecule has 2 aromatic rings. The number of nitrogens with one attached hydrogen (secondary N) is 1. The summed E-state index contributed by atoms with van der Waals surface area (Å²) in [5, 5.41) is 3.58. The minimum Gasteiger partial charge on any atom is -0.326 e. The first-order valence-corrected chi connectivity index (χ1v) is 7.19. The van der Waals surface area contributed by atoms with E-state index in [-0.39, 0.29) is 5.91 Å². The predicted molar refractivity (Wildman–Crippen MR) is 81.5 cm³/mol. The highest BCUT2D eigenvalue weighted by Crippen LogP contribution is 2.32. The molecular weight excluding hydrogens is 326 g/mol. The first kappa shape index (κ1) is 12.7. The van der Waals surface area contributed by atoms with E-state index < -0.39 is 0 Å². The highest BCUT2D eigenvalue weighted by atomic mass is 79.9. The molecule has 2 aromatic carbocycles. The molecular formula is C15H11BrClNO. The van der Waals surface area contributed by atoms with Crippen molar-refractivity contribution in [2.24, 2.45) is 0 Å². The zero-order chi connectivity index (χ0) is 13.4. The molecule has 1 aliphatic heterocycles. The van der Waals surface area contributed by atoms with E-state index in [0.717, 1.165) is 27.7 Å². The molecule has 0 saturated carbocycles. The van der Waals surface area contributed by atoms with Crippen LogP contribution in [0.2, 0.25) is 5.02 Å². The van der Waals surface area contributed by atoms with Gasteiger partial charge in [0.15, 0.2) is 0 Å². The number of hydrogen-bond acceptors (Lipinski definition) is 1. The molecule has 1 heterocycles. The fourth-order valence-electron chi connectivity index (χ4n) is 2.24. The largest absolute Gasteiger partial charge is 0.326 e. The number of hydrogen-bond donors (Lipinski definition) is 1. The van der Waals surface area contributed by atoms with E-state index >= 15 is 0 Å². The summed E-state index contributed by atoms with van der Waals surface area (Å²) in [7, 11) is 0. The molecule has 1 N–H and O–H groups in total. The number of anilines is 1. The Morgan fingerprint density at radius 3 is 2.58 bits per heavy atom. The highest BCUT2D eigenvalue weighted by molar-refractivity contribution is 9.10. The number of fused-ring (bicyclic) bond motifs is 1. The van der Waals surface area contributed by atoms with Crippen molar-refractivity contribution < 1.29 is 4.79 Å². The van der Waals surface area contributed by atoms with Gasteiger partial charge < -0.3 is 5.32 Å². The van der Waals surface area contributed by atoms with E-state index in [1.807, 2.05) is 30.3 Å². The number of aryl methyl sites for hydroxylation is 1. The molecule has 0 spiro atoms. The lowest BCUT2D eigenvalue weighted by Gasteiger charge is -2.17. The van der Waals surface area contributed by atoms with E-state index in [9.17, 15) is 4.79 Å². The maximum Gasteiger partial charge on any atom is 0.224 e. The van der Waals surface area contributed by atoms with Gasteiger partial charge in [0, 0.05) is 16.6 Å². The summed E-state index contributed by atoms with van der Waals surface area (Å²) < 4.78 is 0.892. The van der Waals surface area contributed by atoms with Gasteiger partial charge in [0.25, 0.3) is 0 Å². The molecule has 19 heavy (non-hydrogen) atoms. The average Bonchev–Trinajstić information content (AvgIpc) is 2.41. The second kappa shape index (κ2) is 4.99. The van der Waals surface area contributed by atoms with E-state index in [1.165, 1.54) is 5.56 Å². The Hall–Kier alpha value is -1.32. The lowest BCUT2D eigenvalue weighted by atomic mass is 9.97. The molecule has 0 radical (unpaired) electrons. The molecule has 3 rings (SSSR count). The summed E-state index contributed by atoms with van der Waals surface area (Å²) in [5.41, 5.74) is 4.29. The second-order valence-corrected chi connectivity index (χ2v) is 5.81. The highest BCUT2D eigenvalue weighted by Gasteiger charge is 2.15. The summed E-state index contributed by atoms with van der Waals surface area (Å²) in [4.78, 5) is 11.3. The van der Waals surface area contributed by atoms with Gasteiger partial charge in [-0.15, -0.1) is 0 Å². The molecule has 2 nitrogen and oxygen atoms in total. The smallest absolute Gasteiger partial charge is 0.224 e. The molecule has 96 valence electrons. The Morgan fingerprint density at radius 1 is 1.05 bits per heavy atom. The minimum absolute atomic E-state index is 0.0898. The third-order valence-corrected chi connectivity index (χ3v) is 4.49. The van der Waals surface area contributed by atoms with Crippen molar-refractivity contribution in [2.75, 3.05) is 5.32 Å². The maximum absolute atomic E-state index is 11.3. The summed E-state index contributed by atoms with van der Waals surface area (Å²) in [6, 6.07) is 12.0. The van der Waals surface area contributed by atoms with E-state index in [0.29, 0.717) is 11.4 Å². The SMILES string of the molecule is O=C1CCc2cc(-c3ccc(Br)c(Cl)c3)ccc2N1. The summed E-state index contributed by atoms with van der Waals surface area (Å²) >= 11 is 9.51. The third-order valence-electron chi connectivity index (χ3n) is 3.25. The Bertz CT molecular complexity index is 669. The van der Waals surface area contributed by atoms with Crippen molar-refractivity contribution in [3.8, 4) is 11.1 Å². The number of amides is 1. The van der Waals surface area contributed by atoms with Gasteiger partial charge in [-0.05, 0) is 63.3 Å². The van der Waals surface area contributed by atoms with Crippen molar-refractivity contribution in [3.63, 3.8) is 0 Å². The van der Waals surface area contributed by atoms with Crippen LogP contribution in [0.5, 0.6) is 0 Å². The molecule has 1 amide bonds. The molecule has 0 fully saturated rings. The van der Waals surface area contributed by atoms with Gasteiger partial charge in [-0.3, -0.25) is 4.79 Å². The topological polar surface area (TPSA) is 29.1 Å². The van der Waals surface area contributed by atoms with E-state index in [4.69, 9.17) is 11.6 Å². The van der Waals surface area contributed by atoms with Crippen LogP contribution < -0.4 is 5.32 Å². The summed E-state index contributed by atoms with van der Waals surface area (Å²) in [5.74, 6) is 0.0898. The Morgan fingerprint density at radius 2 is 1.79 bits per heavy atom. The van der Waals surface area contributed by atoms with Gasteiger partial charge in [-0.25, -0.2) is 0 Å². The van der Waals surface area contributed by atoms with Crippen LogP contribution in [-0.2, 0) is 11.2 Å². The summed E-state index contributed by atoms with van der Waals surface area (Å²) in [6.45, 7) is 0. The molecule has 0 aliphatic carbocycles. The van der Waals surface area contributed by atoms with Crippen molar-refractivity contribution in [1.29, 1.82) is 0 Å². The van der Waals surface area contributed by atoms with Gasteiger partial charge in [0.1, 0.15) is 0 Å². The predicted octanol–water partition coefficient (Wildman–Crippen LogP) is 4.65. The number of carbonyl (C=O) groups is 1. The zero-order valence-corrected chi connectivity index (χ0v) is 12.4. The number of rotatable bonds is 1. The quantitative estimate of drug-likeness (QED) is 0.806. The van der Waals surface area contributed by atoms with Gasteiger partial charge in [0.2, 0.25) is 5.91 Å². The van der Waals surface area contributed by atoms with Crippen LogP contribution in [-0.4, -0.2) is 5.91 Å². The first-order chi connectivity index (χ1) is 9.13. The zero-order valence-electron chi connectivity index (χ0n) is 10.0. The fraction of sp³-hybridized carbons (Fsp3) is 0.133. The van der Waals surface area contributed by atoms with Gasteiger partial charge in [0.05, 0.1) is 5.02 Å². The van der Waals surface area contributed by atoms with Crippen LogP contribution in [0.15, 0.2) is 40.9 Å². The molecule has 0 saturated heterocycles. The molecule has 4 heteroatoms. The van der Waals surface area contributed by atoms with Crippen molar-refractivity contribution in [1.82, 2.24) is 0 Å². The van der Waals surface area contributed by atoms with Gasteiger partial charge in [-0.2, -0.15) is 0 Å². The Kier molecular flexibility index (Phi) is 3.33. The van der Waals surface area contributed by atoms with Crippen LogP contribution in [0.25, 0.3) is 11.1 Å². The first-order valence-electron chi connectivity index (χ1n) is 6.02.